The summed E-state index contributed by atoms with van der Waals surface area (Å²) >= 11 is 5.85. The first-order chi connectivity index (χ1) is 7.88. The molecule has 0 N–H and O–H groups in total. The van der Waals surface area contributed by atoms with Crippen molar-refractivity contribution in [1.29, 1.82) is 0 Å². The van der Waals surface area contributed by atoms with Gasteiger partial charge in [0.2, 0.25) is 0 Å². The molecule has 1 rings (SSSR count). The largest absolute Gasteiger partial charge is 0.293 e. The number of Topliss-reactive ketones (excluding diaryl/α,β-unsaturated/α-hetero) is 1. The summed E-state index contributed by atoms with van der Waals surface area (Å²) in [6, 6.07) is 6.47. The lowest BCUT2D eigenvalue weighted by Gasteiger charge is -2.10. The minimum absolute atomic E-state index is 0.265. The fraction of sp³-hybridized carbons (Fsp3) is 0.417. The topological polar surface area (TPSA) is 51.2 Å². The highest BCUT2D eigenvalue weighted by Crippen LogP contribution is 2.17. The second-order valence-corrected chi connectivity index (χ2v) is 6.76. The Kier molecular flexibility index (Phi) is 4.71. The van der Waals surface area contributed by atoms with E-state index in [1.54, 1.807) is 32.0 Å². The average Bonchev–Trinajstić information content (AvgIpc) is 2.27. The molecule has 0 radical (unpaired) electrons. The van der Waals surface area contributed by atoms with Gasteiger partial charge in [0, 0.05) is 5.56 Å². The highest BCUT2D eigenvalue weighted by Gasteiger charge is 2.24. The van der Waals surface area contributed by atoms with Crippen LogP contribution in [0.15, 0.2) is 24.3 Å². The zero-order valence-corrected chi connectivity index (χ0v) is 11.4. The van der Waals surface area contributed by atoms with Crippen LogP contribution in [0, 0.1) is 0 Å². The molecule has 5 heteroatoms. The molecule has 17 heavy (non-hydrogen) atoms. The fourth-order valence-corrected chi connectivity index (χ4v) is 2.90. The number of rotatable bonds is 5. The molecule has 1 aromatic rings. The zero-order chi connectivity index (χ0) is 13.1. The SMILES string of the molecule is CCC(C)S(=O)(=O)CC(=O)c1ccccc1Cl. The van der Waals surface area contributed by atoms with E-state index in [2.05, 4.69) is 0 Å². The van der Waals surface area contributed by atoms with E-state index >= 15 is 0 Å². The molecular formula is C12H15ClO3S. The molecule has 1 aromatic carbocycles. The van der Waals surface area contributed by atoms with Gasteiger partial charge in [-0.2, -0.15) is 0 Å². The third kappa shape index (κ3) is 3.54. The van der Waals surface area contributed by atoms with Crippen molar-refractivity contribution in [3.05, 3.63) is 34.9 Å². The van der Waals surface area contributed by atoms with Crippen LogP contribution in [-0.4, -0.2) is 25.2 Å². The predicted molar refractivity (Wildman–Crippen MR) is 69.3 cm³/mol. The number of benzene rings is 1. The minimum Gasteiger partial charge on any atom is -0.293 e. The predicted octanol–water partition coefficient (Wildman–Crippen LogP) is 2.74. The maximum absolute atomic E-state index is 11.8. The molecule has 0 bridgehead atoms. The van der Waals surface area contributed by atoms with Crippen molar-refractivity contribution in [2.24, 2.45) is 0 Å². The van der Waals surface area contributed by atoms with Crippen LogP contribution in [0.2, 0.25) is 5.02 Å². The van der Waals surface area contributed by atoms with Gasteiger partial charge in [-0.05, 0) is 25.5 Å². The van der Waals surface area contributed by atoms with E-state index in [0.717, 1.165) is 0 Å². The van der Waals surface area contributed by atoms with Gasteiger partial charge in [-0.1, -0.05) is 30.7 Å². The molecule has 3 nitrogen and oxygen atoms in total. The van der Waals surface area contributed by atoms with Crippen LogP contribution < -0.4 is 0 Å². The lowest BCUT2D eigenvalue weighted by Crippen LogP contribution is -2.25. The van der Waals surface area contributed by atoms with Crippen molar-refractivity contribution in [2.45, 2.75) is 25.5 Å². The molecule has 0 heterocycles. The zero-order valence-electron chi connectivity index (χ0n) is 9.81. The van der Waals surface area contributed by atoms with E-state index in [-0.39, 0.29) is 10.6 Å². The van der Waals surface area contributed by atoms with Gasteiger partial charge in [-0.3, -0.25) is 4.79 Å². The van der Waals surface area contributed by atoms with Crippen LogP contribution in [0.3, 0.4) is 0 Å². The molecule has 0 aliphatic heterocycles. The first kappa shape index (κ1) is 14.2. The van der Waals surface area contributed by atoms with E-state index < -0.39 is 26.6 Å². The monoisotopic (exact) mass is 274 g/mol. The van der Waals surface area contributed by atoms with Crippen molar-refractivity contribution in [3.8, 4) is 0 Å². The summed E-state index contributed by atoms with van der Waals surface area (Å²) in [4.78, 5) is 11.8. The molecule has 0 spiro atoms. The van der Waals surface area contributed by atoms with E-state index in [4.69, 9.17) is 11.6 Å². The van der Waals surface area contributed by atoms with Crippen molar-refractivity contribution >= 4 is 27.2 Å². The van der Waals surface area contributed by atoms with Gasteiger partial charge in [0.1, 0.15) is 5.75 Å². The van der Waals surface area contributed by atoms with Crippen molar-refractivity contribution in [3.63, 3.8) is 0 Å². The summed E-state index contributed by atoms with van der Waals surface area (Å²) in [5, 5.41) is -0.217. The summed E-state index contributed by atoms with van der Waals surface area (Å²) < 4.78 is 23.6. The van der Waals surface area contributed by atoms with Gasteiger partial charge >= 0.3 is 0 Å². The molecule has 0 saturated carbocycles. The van der Waals surface area contributed by atoms with Crippen LogP contribution >= 0.6 is 11.6 Å². The Hall–Kier alpha value is -0.870. The Bertz CT molecular complexity index is 508. The van der Waals surface area contributed by atoms with E-state index in [1.165, 1.54) is 6.07 Å². The highest BCUT2D eigenvalue weighted by molar-refractivity contribution is 7.92. The third-order valence-electron chi connectivity index (χ3n) is 2.69. The number of sulfone groups is 1. The first-order valence-electron chi connectivity index (χ1n) is 5.37. The van der Waals surface area contributed by atoms with Crippen LogP contribution in [0.5, 0.6) is 0 Å². The molecule has 0 aliphatic rings. The van der Waals surface area contributed by atoms with Crippen LogP contribution in [-0.2, 0) is 9.84 Å². The van der Waals surface area contributed by atoms with E-state index in [0.29, 0.717) is 6.42 Å². The summed E-state index contributed by atoms with van der Waals surface area (Å²) in [5.41, 5.74) is 0.265. The fourth-order valence-electron chi connectivity index (χ4n) is 1.34. The number of carbonyl (C=O) groups excluding carboxylic acids is 1. The quantitative estimate of drug-likeness (QED) is 0.776. The number of halogens is 1. The highest BCUT2D eigenvalue weighted by atomic mass is 35.5. The lowest BCUT2D eigenvalue weighted by molar-refractivity contribution is 0.102. The Balaban J connectivity index is 2.92. The second-order valence-electron chi connectivity index (χ2n) is 3.93. The number of ketones is 1. The molecule has 0 aliphatic carbocycles. The molecular weight excluding hydrogens is 260 g/mol. The Morgan fingerprint density at radius 3 is 2.47 bits per heavy atom. The molecule has 0 fully saturated rings. The summed E-state index contributed by atoms with van der Waals surface area (Å²) in [7, 11) is -3.38. The van der Waals surface area contributed by atoms with Crippen molar-refractivity contribution < 1.29 is 13.2 Å². The smallest absolute Gasteiger partial charge is 0.179 e. The van der Waals surface area contributed by atoms with Crippen LogP contribution in [0.25, 0.3) is 0 Å². The van der Waals surface area contributed by atoms with Crippen LogP contribution in [0.4, 0.5) is 0 Å². The van der Waals surface area contributed by atoms with Crippen LogP contribution in [0.1, 0.15) is 30.6 Å². The molecule has 0 saturated heterocycles. The maximum Gasteiger partial charge on any atom is 0.179 e. The molecule has 0 aromatic heterocycles. The van der Waals surface area contributed by atoms with E-state index in [1.807, 2.05) is 0 Å². The van der Waals surface area contributed by atoms with Gasteiger partial charge in [-0.15, -0.1) is 0 Å². The number of hydrogen-bond donors (Lipinski definition) is 0. The molecule has 1 atom stereocenters. The summed E-state index contributed by atoms with van der Waals surface area (Å²) in [6.45, 7) is 3.39. The van der Waals surface area contributed by atoms with Gasteiger partial charge in [0.05, 0.1) is 10.3 Å². The Labute approximate surface area is 107 Å². The Morgan fingerprint density at radius 2 is 1.94 bits per heavy atom. The maximum atomic E-state index is 11.8. The molecule has 1 unspecified atom stereocenters. The van der Waals surface area contributed by atoms with Gasteiger partial charge < -0.3 is 0 Å². The van der Waals surface area contributed by atoms with Crippen molar-refractivity contribution in [1.82, 2.24) is 0 Å². The lowest BCUT2D eigenvalue weighted by atomic mass is 10.1. The average molecular weight is 275 g/mol. The standard InChI is InChI=1S/C12H15ClO3S/c1-3-9(2)17(15,16)8-12(14)10-6-4-5-7-11(10)13/h4-7,9H,3,8H2,1-2H3. The molecule has 0 amide bonds. The minimum atomic E-state index is -3.38. The Morgan fingerprint density at radius 1 is 1.35 bits per heavy atom. The van der Waals surface area contributed by atoms with Gasteiger partial charge in [-0.25, -0.2) is 8.42 Å². The molecule has 94 valence electrons. The van der Waals surface area contributed by atoms with Crippen molar-refractivity contribution in [2.75, 3.05) is 5.75 Å². The number of carbonyl (C=O) groups is 1. The first-order valence-corrected chi connectivity index (χ1v) is 7.47. The van der Waals surface area contributed by atoms with Gasteiger partial charge in [0.25, 0.3) is 0 Å². The third-order valence-corrected chi connectivity index (χ3v) is 5.25. The second kappa shape index (κ2) is 5.65. The number of hydrogen-bond acceptors (Lipinski definition) is 3. The van der Waals surface area contributed by atoms with E-state index in [9.17, 15) is 13.2 Å². The normalized spacial score (nSPS) is 13.4. The summed E-state index contributed by atoms with van der Waals surface area (Å²) in [5.74, 6) is -0.929. The van der Waals surface area contributed by atoms with Gasteiger partial charge in [0.15, 0.2) is 15.6 Å². The summed E-state index contributed by atoms with van der Waals surface area (Å²) in [6.07, 6.45) is 0.498.